The summed E-state index contributed by atoms with van der Waals surface area (Å²) in [4.78, 5) is 10.5. The molecule has 0 atom stereocenters. The van der Waals surface area contributed by atoms with Crippen LogP contribution >= 0.6 is 0 Å². The second-order valence-electron chi connectivity index (χ2n) is 3.42. The number of aliphatic carboxylic acids is 1. The fourth-order valence-corrected chi connectivity index (χ4v) is 1.85. The second kappa shape index (κ2) is 5.05. The maximum atomic E-state index is 11.4. The highest BCUT2D eigenvalue weighted by molar-refractivity contribution is 7.90. The van der Waals surface area contributed by atoms with Crippen LogP contribution < -0.4 is 10.1 Å². The van der Waals surface area contributed by atoms with Crippen molar-refractivity contribution in [2.45, 2.75) is 4.90 Å². The zero-order chi connectivity index (χ0) is 13.1. The van der Waals surface area contributed by atoms with E-state index < -0.39 is 15.8 Å². The van der Waals surface area contributed by atoms with Gasteiger partial charge in [0.1, 0.15) is 12.3 Å². The lowest BCUT2D eigenvalue weighted by molar-refractivity contribution is -0.134. The Hall–Kier alpha value is -1.76. The quantitative estimate of drug-likeness (QED) is 0.804. The summed E-state index contributed by atoms with van der Waals surface area (Å²) in [5.41, 5.74) is 0.382. The molecule has 94 valence electrons. The van der Waals surface area contributed by atoms with Crippen LogP contribution in [0.15, 0.2) is 23.1 Å². The van der Waals surface area contributed by atoms with Crippen LogP contribution in [0.2, 0.25) is 0 Å². The molecule has 0 saturated heterocycles. The van der Waals surface area contributed by atoms with E-state index in [1.807, 2.05) is 0 Å². The molecule has 0 unspecified atom stereocenters. The molecule has 7 heteroatoms. The lowest BCUT2D eigenvalue weighted by Crippen LogP contribution is -2.12. The third-order valence-corrected chi connectivity index (χ3v) is 3.08. The van der Waals surface area contributed by atoms with Crippen LogP contribution in [0, 0.1) is 0 Å². The van der Waals surface area contributed by atoms with Crippen LogP contribution in [-0.2, 0) is 14.6 Å². The first-order valence-corrected chi connectivity index (χ1v) is 6.57. The summed E-state index contributed by atoms with van der Waals surface area (Å²) in [5, 5.41) is 11.1. The molecule has 0 amide bonds. The van der Waals surface area contributed by atoms with Gasteiger partial charge in [-0.05, 0) is 12.1 Å². The van der Waals surface area contributed by atoms with Crippen molar-refractivity contribution in [3.8, 4) is 5.75 Å². The molecule has 0 fully saturated rings. The zero-order valence-electron chi connectivity index (χ0n) is 9.43. The predicted molar refractivity (Wildman–Crippen MR) is 62.2 cm³/mol. The Balaban J connectivity index is 3.10. The fraction of sp³-hybridized carbons (Fsp3) is 0.300. The lowest BCUT2D eigenvalue weighted by Gasteiger charge is -2.08. The smallest absolute Gasteiger partial charge is 0.322 e. The van der Waals surface area contributed by atoms with Crippen molar-refractivity contribution in [3.05, 3.63) is 18.2 Å². The molecule has 17 heavy (non-hydrogen) atoms. The Kier molecular flexibility index (Phi) is 3.95. The maximum Gasteiger partial charge on any atom is 0.322 e. The summed E-state index contributed by atoms with van der Waals surface area (Å²) in [6, 6.07) is 4.26. The van der Waals surface area contributed by atoms with E-state index in [9.17, 15) is 13.2 Å². The van der Waals surface area contributed by atoms with Gasteiger partial charge in [0.25, 0.3) is 0 Å². The highest BCUT2D eigenvalue weighted by Crippen LogP contribution is 2.23. The van der Waals surface area contributed by atoms with Crippen LogP contribution in [0.4, 0.5) is 5.69 Å². The molecule has 0 aliphatic heterocycles. The predicted octanol–water partition coefficient (Wildman–Crippen LogP) is 0.595. The molecular formula is C10H13NO5S. The van der Waals surface area contributed by atoms with E-state index in [4.69, 9.17) is 9.84 Å². The molecule has 2 N–H and O–H groups in total. The third-order valence-electron chi connectivity index (χ3n) is 1.99. The SMILES string of the molecule is COc1cc(NCC(=O)O)cc(S(C)(=O)=O)c1. The first-order valence-electron chi connectivity index (χ1n) is 4.67. The Bertz CT molecular complexity index is 523. The Morgan fingerprint density at radius 1 is 1.41 bits per heavy atom. The van der Waals surface area contributed by atoms with Gasteiger partial charge in [0.05, 0.1) is 12.0 Å². The van der Waals surface area contributed by atoms with Gasteiger partial charge in [0.2, 0.25) is 0 Å². The van der Waals surface area contributed by atoms with Crippen LogP contribution in [0.3, 0.4) is 0 Å². The molecule has 0 aromatic heterocycles. The molecule has 0 bridgehead atoms. The van der Waals surface area contributed by atoms with E-state index in [1.54, 1.807) is 0 Å². The first-order chi connectivity index (χ1) is 7.82. The monoisotopic (exact) mass is 259 g/mol. The van der Waals surface area contributed by atoms with Crippen molar-refractivity contribution < 1.29 is 23.1 Å². The number of benzene rings is 1. The minimum Gasteiger partial charge on any atom is -0.497 e. The van der Waals surface area contributed by atoms with Crippen molar-refractivity contribution >= 4 is 21.5 Å². The van der Waals surface area contributed by atoms with Crippen molar-refractivity contribution in [1.29, 1.82) is 0 Å². The van der Waals surface area contributed by atoms with Crippen molar-refractivity contribution in [2.75, 3.05) is 25.2 Å². The normalized spacial score (nSPS) is 10.9. The number of hydrogen-bond acceptors (Lipinski definition) is 5. The molecule has 6 nitrogen and oxygen atoms in total. The van der Waals surface area contributed by atoms with E-state index >= 15 is 0 Å². The number of anilines is 1. The number of carbonyl (C=O) groups is 1. The molecular weight excluding hydrogens is 246 g/mol. The number of nitrogens with one attached hydrogen (secondary N) is 1. The third kappa shape index (κ3) is 3.95. The van der Waals surface area contributed by atoms with Crippen molar-refractivity contribution in [3.63, 3.8) is 0 Å². The molecule has 0 aliphatic carbocycles. The molecule has 0 saturated carbocycles. The molecule has 1 rings (SSSR count). The van der Waals surface area contributed by atoms with Crippen LogP contribution in [-0.4, -0.2) is 39.4 Å². The van der Waals surface area contributed by atoms with E-state index in [1.165, 1.54) is 25.3 Å². The van der Waals surface area contributed by atoms with Crippen LogP contribution in [0.25, 0.3) is 0 Å². The van der Waals surface area contributed by atoms with Crippen molar-refractivity contribution in [1.82, 2.24) is 0 Å². The van der Waals surface area contributed by atoms with Gasteiger partial charge in [-0.1, -0.05) is 0 Å². The van der Waals surface area contributed by atoms with Crippen molar-refractivity contribution in [2.24, 2.45) is 0 Å². The summed E-state index contributed by atoms with van der Waals surface area (Å²) in [6.45, 7) is -0.295. The van der Waals surface area contributed by atoms with Crippen LogP contribution in [0.5, 0.6) is 5.75 Å². The van der Waals surface area contributed by atoms with Gasteiger partial charge in [0.15, 0.2) is 9.84 Å². The summed E-state index contributed by atoms with van der Waals surface area (Å²) >= 11 is 0. The molecule has 0 spiro atoms. The minimum absolute atomic E-state index is 0.0738. The van der Waals surface area contributed by atoms with E-state index in [0.29, 0.717) is 11.4 Å². The van der Waals surface area contributed by atoms with Gasteiger partial charge in [-0.15, -0.1) is 0 Å². The van der Waals surface area contributed by atoms with Gasteiger partial charge in [-0.3, -0.25) is 4.79 Å². The molecule has 0 aliphatic rings. The maximum absolute atomic E-state index is 11.4. The first kappa shape index (κ1) is 13.3. The van der Waals surface area contributed by atoms with Crippen LogP contribution in [0.1, 0.15) is 0 Å². The number of carboxylic acids is 1. The number of methoxy groups -OCH3 is 1. The topological polar surface area (TPSA) is 92.7 Å². The average molecular weight is 259 g/mol. The Labute approximate surface area is 99.1 Å². The highest BCUT2D eigenvalue weighted by atomic mass is 32.2. The Morgan fingerprint density at radius 3 is 2.53 bits per heavy atom. The average Bonchev–Trinajstić information content (AvgIpc) is 2.24. The van der Waals surface area contributed by atoms with E-state index in [-0.39, 0.29) is 11.4 Å². The van der Waals surface area contributed by atoms with Gasteiger partial charge in [-0.25, -0.2) is 8.42 Å². The minimum atomic E-state index is -3.36. The largest absolute Gasteiger partial charge is 0.497 e. The van der Waals surface area contributed by atoms with E-state index in [2.05, 4.69) is 5.32 Å². The van der Waals surface area contributed by atoms with Gasteiger partial charge in [-0.2, -0.15) is 0 Å². The number of rotatable bonds is 5. The summed E-state index contributed by atoms with van der Waals surface area (Å²) in [6.07, 6.45) is 1.07. The fourth-order valence-electron chi connectivity index (χ4n) is 1.18. The molecule has 1 aromatic rings. The van der Waals surface area contributed by atoms with E-state index in [0.717, 1.165) is 6.26 Å². The zero-order valence-corrected chi connectivity index (χ0v) is 10.2. The van der Waals surface area contributed by atoms with Gasteiger partial charge < -0.3 is 15.2 Å². The molecule has 0 radical (unpaired) electrons. The summed E-state index contributed by atoms with van der Waals surface area (Å²) in [7, 11) is -1.96. The molecule has 1 aromatic carbocycles. The number of hydrogen-bond donors (Lipinski definition) is 2. The summed E-state index contributed by atoms with van der Waals surface area (Å²) in [5.74, 6) is -0.686. The lowest BCUT2D eigenvalue weighted by atomic mass is 10.3. The highest BCUT2D eigenvalue weighted by Gasteiger charge is 2.11. The number of ether oxygens (including phenoxy) is 1. The molecule has 0 heterocycles. The number of carboxylic acid groups (broad SMARTS) is 1. The van der Waals surface area contributed by atoms with Gasteiger partial charge in [0, 0.05) is 18.0 Å². The second-order valence-corrected chi connectivity index (χ2v) is 5.43. The van der Waals surface area contributed by atoms with Gasteiger partial charge >= 0.3 is 5.97 Å². The number of sulfone groups is 1. The Morgan fingerprint density at radius 2 is 2.06 bits per heavy atom. The standard InChI is InChI=1S/C10H13NO5S/c1-16-8-3-7(11-6-10(12)13)4-9(5-8)17(2,14)15/h3-5,11H,6H2,1-2H3,(H,12,13). The summed E-state index contributed by atoms with van der Waals surface area (Å²) < 4.78 is 27.7.